The number of ketones is 1. The van der Waals surface area contributed by atoms with Crippen LogP contribution in [0.5, 0.6) is 5.75 Å². The first-order valence-electron chi connectivity index (χ1n) is 7.40. The summed E-state index contributed by atoms with van der Waals surface area (Å²) in [6.07, 6.45) is -2.58. The molecule has 0 heterocycles. The molecule has 24 heavy (non-hydrogen) atoms. The molecule has 2 aromatic carbocycles. The highest BCUT2D eigenvalue weighted by molar-refractivity contribution is 6.11. The zero-order chi connectivity index (χ0) is 17.7. The van der Waals surface area contributed by atoms with Crippen molar-refractivity contribution in [1.82, 2.24) is 0 Å². The Labute approximate surface area is 138 Å². The van der Waals surface area contributed by atoms with Gasteiger partial charge in [0, 0.05) is 12.5 Å². The maximum Gasteiger partial charge on any atom is 0.409 e. The normalized spacial score (nSPS) is 13.2. The van der Waals surface area contributed by atoms with Crippen molar-refractivity contribution in [3.63, 3.8) is 0 Å². The van der Waals surface area contributed by atoms with E-state index >= 15 is 0 Å². The summed E-state index contributed by atoms with van der Waals surface area (Å²) in [4.78, 5) is 12.4. The summed E-state index contributed by atoms with van der Waals surface area (Å²) in [6, 6.07) is 10.7. The topological polar surface area (TPSA) is 26.3 Å². The van der Waals surface area contributed by atoms with Gasteiger partial charge in [-0.1, -0.05) is 36.4 Å². The fourth-order valence-corrected chi connectivity index (χ4v) is 2.35. The van der Waals surface area contributed by atoms with Crippen LogP contribution in [0.25, 0.3) is 10.8 Å². The number of hydrogen-bond donors (Lipinski definition) is 0. The van der Waals surface area contributed by atoms with Gasteiger partial charge >= 0.3 is 6.18 Å². The molecule has 0 aliphatic heterocycles. The van der Waals surface area contributed by atoms with E-state index in [-0.39, 0.29) is 24.0 Å². The molecule has 126 valence electrons. The van der Waals surface area contributed by atoms with E-state index in [0.29, 0.717) is 10.9 Å². The number of rotatable bonds is 6. The molecule has 0 N–H and O–H groups in total. The molecule has 0 aliphatic carbocycles. The van der Waals surface area contributed by atoms with Gasteiger partial charge in [-0.05, 0) is 29.8 Å². The summed E-state index contributed by atoms with van der Waals surface area (Å²) in [5.74, 6) is 0.0728. The number of fused-ring (bicyclic) bond motifs is 1. The Balaban J connectivity index is 2.42. The van der Waals surface area contributed by atoms with Gasteiger partial charge in [0.25, 0.3) is 0 Å². The van der Waals surface area contributed by atoms with E-state index in [9.17, 15) is 18.0 Å². The Bertz CT molecular complexity index is 776. The molecule has 0 spiro atoms. The second-order valence-corrected chi connectivity index (χ2v) is 5.30. The predicted molar refractivity (Wildman–Crippen MR) is 88.4 cm³/mol. The number of alkyl halides is 3. The molecule has 0 aliphatic rings. The molecule has 1 atom stereocenters. The number of benzene rings is 2. The highest BCUT2D eigenvalue weighted by Gasteiger charge is 2.23. The molecule has 5 heteroatoms. The zero-order valence-electron chi connectivity index (χ0n) is 13.1. The average Bonchev–Trinajstić information content (AvgIpc) is 2.52. The molecule has 2 aromatic rings. The molecule has 0 fully saturated rings. The average molecular weight is 334 g/mol. The first-order valence-corrected chi connectivity index (χ1v) is 7.40. The van der Waals surface area contributed by atoms with Crippen LogP contribution in [0, 0.1) is 0 Å². The van der Waals surface area contributed by atoms with Crippen molar-refractivity contribution >= 4 is 16.6 Å². The number of ether oxygens (including phenoxy) is 1. The van der Waals surface area contributed by atoms with Crippen LogP contribution in [-0.2, 0) is 0 Å². The fraction of sp³-hybridized carbons (Fsp3) is 0.211. The van der Waals surface area contributed by atoms with E-state index < -0.39 is 12.3 Å². The molecule has 0 radical (unpaired) electrons. The molecule has 2 nitrogen and oxygen atoms in total. The highest BCUT2D eigenvalue weighted by Crippen LogP contribution is 2.30. The largest absolute Gasteiger partial charge is 0.486 e. The number of Topliss-reactive ketones (excluding diaryl/α,β-unsaturated/α-hetero) is 1. The lowest BCUT2D eigenvalue weighted by Crippen LogP contribution is -2.13. The molecule has 0 saturated heterocycles. The minimum atomic E-state index is -4.40. The number of hydrogen-bond acceptors (Lipinski definition) is 2. The van der Waals surface area contributed by atoms with E-state index in [2.05, 4.69) is 6.58 Å². The van der Waals surface area contributed by atoms with Gasteiger partial charge in [-0.3, -0.25) is 4.79 Å². The zero-order valence-corrected chi connectivity index (χ0v) is 13.1. The summed E-state index contributed by atoms with van der Waals surface area (Å²) in [5, 5.41) is 1.56. The Kier molecular flexibility index (Phi) is 5.44. The summed E-state index contributed by atoms with van der Waals surface area (Å²) < 4.78 is 42.4. The molecule has 2 rings (SSSR count). The lowest BCUT2D eigenvalue weighted by molar-refractivity contribution is -0.0804. The summed E-state index contributed by atoms with van der Waals surface area (Å²) in [7, 11) is 0. The van der Waals surface area contributed by atoms with Crippen molar-refractivity contribution in [2.24, 2.45) is 0 Å². The van der Waals surface area contributed by atoms with Crippen LogP contribution < -0.4 is 4.74 Å². The van der Waals surface area contributed by atoms with Crippen molar-refractivity contribution in [2.75, 3.05) is 0 Å². The number of carbonyl (C=O) groups is 1. The predicted octanol–water partition coefficient (Wildman–Crippen LogP) is 5.48. The van der Waals surface area contributed by atoms with Gasteiger partial charge < -0.3 is 4.74 Å². The lowest BCUT2D eigenvalue weighted by atomic mass is 9.98. The van der Waals surface area contributed by atoms with Gasteiger partial charge in [0.15, 0.2) is 5.78 Å². The quantitative estimate of drug-likeness (QED) is 0.516. The molecule has 0 bridgehead atoms. The minimum Gasteiger partial charge on any atom is -0.486 e. The number of allylic oxidation sites excluding steroid dienone is 2. The highest BCUT2D eigenvalue weighted by atomic mass is 19.4. The van der Waals surface area contributed by atoms with Crippen LogP contribution in [-0.4, -0.2) is 18.1 Å². The monoisotopic (exact) mass is 334 g/mol. The minimum absolute atomic E-state index is 0.122. The van der Waals surface area contributed by atoms with Crippen molar-refractivity contribution in [2.45, 2.75) is 25.6 Å². The number of carbonyl (C=O) groups excluding carboxylic acids is 1. The van der Waals surface area contributed by atoms with Gasteiger partial charge in [0.05, 0.1) is 5.56 Å². The van der Waals surface area contributed by atoms with Crippen LogP contribution in [0.3, 0.4) is 0 Å². The van der Waals surface area contributed by atoms with Crippen LogP contribution >= 0.6 is 0 Å². The van der Waals surface area contributed by atoms with Crippen LogP contribution in [0.2, 0.25) is 0 Å². The van der Waals surface area contributed by atoms with Gasteiger partial charge in [-0.25, -0.2) is 0 Å². The fourth-order valence-electron chi connectivity index (χ4n) is 2.35. The third kappa shape index (κ3) is 4.47. The van der Waals surface area contributed by atoms with E-state index in [1.807, 2.05) is 12.1 Å². The Morgan fingerprint density at radius 3 is 2.62 bits per heavy atom. The summed E-state index contributed by atoms with van der Waals surface area (Å²) >= 11 is 0. The third-order valence-corrected chi connectivity index (χ3v) is 3.37. The van der Waals surface area contributed by atoms with Gasteiger partial charge in [0.1, 0.15) is 11.9 Å². The van der Waals surface area contributed by atoms with E-state index in [4.69, 9.17) is 4.74 Å². The smallest absolute Gasteiger partial charge is 0.409 e. The lowest BCUT2D eigenvalue weighted by Gasteiger charge is -2.16. The van der Waals surface area contributed by atoms with Gasteiger partial charge in [0.2, 0.25) is 0 Å². The Morgan fingerprint density at radius 1 is 1.25 bits per heavy atom. The number of halogens is 3. The second kappa shape index (κ2) is 7.34. The molecule has 0 amide bonds. The maximum absolute atomic E-state index is 12.4. The molecular formula is C19H17F3O2. The second-order valence-electron chi connectivity index (χ2n) is 5.30. The summed E-state index contributed by atoms with van der Waals surface area (Å²) in [6.45, 7) is 5.04. The Morgan fingerprint density at radius 2 is 1.96 bits per heavy atom. The van der Waals surface area contributed by atoms with Crippen molar-refractivity contribution in [3.8, 4) is 5.75 Å². The van der Waals surface area contributed by atoms with E-state index in [0.717, 1.165) is 11.5 Å². The van der Waals surface area contributed by atoms with Crippen molar-refractivity contribution in [3.05, 3.63) is 66.8 Å². The maximum atomic E-state index is 12.4. The standard InChI is InChI=1S/C19H17F3O2/c1-3-6-16(23)18-15-8-5-4-7-14(15)9-10-17(18)24-13(2)11-12-19(20,21)22/h3-5,7-13H,1,6H2,2H3/b12-11+. The third-order valence-electron chi connectivity index (χ3n) is 3.37. The van der Waals surface area contributed by atoms with Crippen molar-refractivity contribution in [1.29, 1.82) is 0 Å². The SMILES string of the molecule is C=CCC(=O)c1c(OC(C)/C=C/C(F)(F)F)ccc2ccccc12. The molecule has 1 unspecified atom stereocenters. The van der Waals surface area contributed by atoms with E-state index in [1.54, 1.807) is 24.3 Å². The molecule has 0 aromatic heterocycles. The first kappa shape index (κ1) is 17.8. The van der Waals surface area contributed by atoms with Crippen LogP contribution in [0.4, 0.5) is 13.2 Å². The van der Waals surface area contributed by atoms with Crippen LogP contribution in [0.1, 0.15) is 23.7 Å². The molecule has 0 saturated carbocycles. The van der Waals surface area contributed by atoms with Gasteiger partial charge in [-0.2, -0.15) is 13.2 Å². The summed E-state index contributed by atoms with van der Waals surface area (Å²) in [5.41, 5.74) is 0.361. The van der Waals surface area contributed by atoms with Crippen molar-refractivity contribution < 1.29 is 22.7 Å². The van der Waals surface area contributed by atoms with Gasteiger partial charge in [-0.15, -0.1) is 6.58 Å². The van der Waals surface area contributed by atoms with Crippen LogP contribution in [0.15, 0.2) is 61.2 Å². The van der Waals surface area contributed by atoms with E-state index in [1.165, 1.54) is 13.0 Å². The Hall–Kier alpha value is -2.56. The molecular weight excluding hydrogens is 317 g/mol. The first-order chi connectivity index (χ1) is 11.3.